The van der Waals surface area contributed by atoms with Gasteiger partial charge < -0.3 is 0 Å². The molecule has 2 aliphatic rings. The summed E-state index contributed by atoms with van der Waals surface area (Å²) in [6, 6.07) is 0. The molecule has 0 aliphatic heterocycles. The molecule has 0 bridgehead atoms. The fraction of sp³-hybridized carbons (Fsp3) is 0.857. The van der Waals surface area contributed by atoms with Crippen LogP contribution in [-0.2, 0) is 0 Å². The van der Waals surface area contributed by atoms with E-state index < -0.39 is 0 Å². The average molecular weight is 350 g/mol. The van der Waals surface area contributed by atoms with Crippen LogP contribution < -0.4 is 0 Å². The maximum absolute atomic E-state index is 4.40. The Bertz CT molecular complexity index is 191. The molecule has 2 fully saturated rings. The van der Waals surface area contributed by atoms with Crippen LogP contribution in [0.1, 0.15) is 64.2 Å². The molecule has 0 saturated heterocycles. The van der Waals surface area contributed by atoms with E-state index in [1.807, 2.05) is 0 Å². The zero-order chi connectivity index (χ0) is 11.2. The Balaban J connectivity index is 1.66. The third-order valence-corrected chi connectivity index (χ3v) is 10.3. The molecule has 0 spiro atoms. The van der Waals surface area contributed by atoms with Crippen LogP contribution in [0.25, 0.3) is 0 Å². The first-order valence-electron chi connectivity index (χ1n) is 6.87. The first-order chi connectivity index (χ1) is 7.84. The van der Waals surface area contributed by atoms with Gasteiger partial charge in [0.25, 0.3) is 0 Å². The predicted molar refractivity (Wildman–Crippen MR) is 74.3 cm³/mol. The van der Waals surface area contributed by atoms with Gasteiger partial charge in [-0.3, -0.25) is 0 Å². The average Bonchev–Trinajstić information content (AvgIpc) is 2.31. The Morgan fingerprint density at radius 1 is 0.688 bits per heavy atom. The van der Waals surface area contributed by atoms with E-state index in [0.29, 0.717) is 0 Å². The number of hydrogen-bond acceptors (Lipinski definition) is 0. The van der Waals surface area contributed by atoms with Gasteiger partial charge in [-0.15, -0.1) is 0 Å². The van der Waals surface area contributed by atoms with Crippen molar-refractivity contribution in [1.82, 2.24) is 0 Å². The third kappa shape index (κ3) is 4.57. The van der Waals surface area contributed by atoms with Crippen LogP contribution in [0.3, 0.4) is 0 Å². The number of hydrogen-bond donors (Lipinski definition) is 0. The monoisotopic (exact) mass is 352 g/mol. The topological polar surface area (TPSA) is 0 Å². The normalized spacial score (nSPS) is 24.5. The summed E-state index contributed by atoms with van der Waals surface area (Å²) < 4.78 is 1.69. The van der Waals surface area contributed by atoms with Gasteiger partial charge in [-0.1, -0.05) is 0 Å². The molecule has 0 N–H and O–H groups in total. The predicted octanol–water partition coefficient (Wildman–Crippen LogP) is 4.37. The van der Waals surface area contributed by atoms with Crippen LogP contribution in [0.5, 0.6) is 0 Å². The molecule has 0 unspecified atom stereocenters. The first-order valence-corrected chi connectivity index (χ1v) is 10.6. The standard InChI is InChI=1S/C14H24Se2/c1-12(15-13-8-4-2-5-9-13)16-14-10-6-3-7-11-14/h13-14H,1-11H2. The molecule has 0 heterocycles. The van der Waals surface area contributed by atoms with E-state index in [4.69, 9.17) is 0 Å². The fourth-order valence-corrected chi connectivity index (χ4v) is 10.4. The van der Waals surface area contributed by atoms with Crippen molar-refractivity contribution in [2.75, 3.05) is 0 Å². The molecule has 92 valence electrons. The van der Waals surface area contributed by atoms with Crippen molar-refractivity contribution in [1.29, 1.82) is 0 Å². The summed E-state index contributed by atoms with van der Waals surface area (Å²) in [4.78, 5) is 2.14. The summed E-state index contributed by atoms with van der Waals surface area (Å²) in [5, 5.41) is 0. The molecule has 2 rings (SSSR count). The van der Waals surface area contributed by atoms with Gasteiger partial charge in [0.15, 0.2) is 0 Å². The Kier molecular flexibility index (Phi) is 6.00. The second kappa shape index (κ2) is 7.27. The van der Waals surface area contributed by atoms with E-state index in [9.17, 15) is 0 Å². The molecule has 0 radical (unpaired) electrons. The van der Waals surface area contributed by atoms with Crippen molar-refractivity contribution < 1.29 is 0 Å². The summed E-state index contributed by atoms with van der Waals surface area (Å²) in [6.45, 7) is 4.40. The van der Waals surface area contributed by atoms with Crippen molar-refractivity contribution >= 4 is 29.9 Å². The van der Waals surface area contributed by atoms with Gasteiger partial charge in [0.2, 0.25) is 0 Å². The second-order valence-corrected chi connectivity index (χ2v) is 12.3. The summed E-state index contributed by atoms with van der Waals surface area (Å²) in [6.07, 6.45) is 15.0. The summed E-state index contributed by atoms with van der Waals surface area (Å²) in [5.41, 5.74) is 0. The van der Waals surface area contributed by atoms with Gasteiger partial charge >= 0.3 is 114 Å². The Morgan fingerprint density at radius 3 is 1.44 bits per heavy atom. The molecule has 0 aromatic rings. The van der Waals surface area contributed by atoms with Crippen molar-refractivity contribution in [3.05, 3.63) is 9.95 Å². The Morgan fingerprint density at radius 2 is 1.06 bits per heavy atom. The molecular formula is C14H24Se2. The molecular weight excluding hydrogens is 326 g/mol. The molecule has 0 amide bonds. The van der Waals surface area contributed by atoms with Gasteiger partial charge in [-0.2, -0.15) is 0 Å². The van der Waals surface area contributed by atoms with Gasteiger partial charge in [0, 0.05) is 0 Å². The zero-order valence-corrected chi connectivity index (χ0v) is 13.7. The molecule has 0 atom stereocenters. The number of rotatable bonds is 4. The Labute approximate surface area is 113 Å². The summed E-state index contributed by atoms with van der Waals surface area (Å²) >= 11 is 1.58. The van der Waals surface area contributed by atoms with Gasteiger partial charge in [-0.25, -0.2) is 0 Å². The van der Waals surface area contributed by atoms with Crippen molar-refractivity contribution in [2.24, 2.45) is 0 Å². The third-order valence-electron chi connectivity index (χ3n) is 3.70. The molecule has 0 nitrogen and oxygen atoms in total. The van der Waals surface area contributed by atoms with Crippen LogP contribution in [0, 0.1) is 0 Å². The summed E-state index contributed by atoms with van der Waals surface area (Å²) in [5.74, 6) is 0. The van der Waals surface area contributed by atoms with Crippen molar-refractivity contribution in [2.45, 2.75) is 73.8 Å². The maximum atomic E-state index is 4.40. The zero-order valence-electron chi connectivity index (χ0n) is 10.2. The van der Waals surface area contributed by atoms with E-state index in [0.717, 1.165) is 39.5 Å². The quantitative estimate of drug-likeness (QED) is 0.661. The minimum atomic E-state index is 0.790. The van der Waals surface area contributed by atoms with Gasteiger partial charge in [0.05, 0.1) is 0 Å². The molecule has 2 saturated carbocycles. The van der Waals surface area contributed by atoms with Crippen LogP contribution in [-0.4, -0.2) is 29.9 Å². The van der Waals surface area contributed by atoms with Crippen LogP contribution in [0.4, 0.5) is 0 Å². The van der Waals surface area contributed by atoms with Crippen molar-refractivity contribution in [3.8, 4) is 0 Å². The van der Waals surface area contributed by atoms with E-state index in [1.54, 1.807) is 3.37 Å². The van der Waals surface area contributed by atoms with E-state index in [2.05, 4.69) is 6.58 Å². The van der Waals surface area contributed by atoms with E-state index in [-0.39, 0.29) is 0 Å². The Hall–Kier alpha value is 0.779. The SMILES string of the molecule is C=C([Se]C1CCCCC1)[Se]C1CCCCC1. The van der Waals surface area contributed by atoms with Gasteiger partial charge in [-0.05, 0) is 0 Å². The molecule has 16 heavy (non-hydrogen) atoms. The molecule has 0 aromatic heterocycles. The first kappa shape index (κ1) is 13.2. The van der Waals surface area contributed by atoms with E-state index >= 15 is 0 Å². The molecule has 2 aliphatic carbocycles. The minimum absolute atomic E-state index is 0.790. The van der Waals surface area contributed by atoms with Gasteiger partial charge in [0.1, 0.15) is 0 Å². The fourth-order valence-electron chi connectivity index (χ4n) is 2.77. The summed E-state index contributed by atoms with van der Waals surface area (Å²) in [7, 11) is 0. The second-order valence-electron chi connectivity index (χ2n) is 5.13. The van der Waals surface area contributed by atoms with Crippen LogP contribution in [0.15, 0.2) is 9.95 Å². The van der Waals surface area contributed by atoms with E-state index in [1.165, 1.54) is 64.2 Å². The van der Waals surface area contributed by atoms with Crippen molar-refractivity contribution in [3.63, 3.8) is 0 Å². The van der Waals surface area contributed by atoms with Crippen LogP contribution in [0.2, 0.25) is 9.63 Å². The molecule has 2 heteroatoms. The molecule has 0 aromatic carbocycles. The van der Waals surface area contributed by atoms with Crippen LogP contribution >= 0.6 is 0 Å².